The number of urea groups is 1. The molecule has 7 heteroatoms. The van der Waals surface area contributed by atoms with E-state index in [0.717, 1.165) is 6.42 Å². The number of carboxylic acids is 1. The molecule has 0 aliphatic heterocycles. The van der Waals surface area contributed by atoms with Gasteiger partial charge in [-0.2, -0.15) is 0 Å². The van der Waals surface area contributed by atoms with Crippen LogP contribution >= 0.6 is 0 Å². The molecule has 7 nitrogen and oxygen atoms in total. The molecule has 0 aromatic rings. The van der Waals surface area contributed by atoms with Crippen molar-refractivity contribution in [2.45, 2.75) is 59.0 Å². The van der Waals surface area contributed by atoms with Crippen molar-refractivity contribution in [3.63, 3.8) is 0 Å². The summed E-state index contributed by atoms with van der Waals surface area (Å²) in [6, 6.07) is -0.427. The van der Waals surface area contributed by atoms with Crippen LogP contribution in [0.3, 0.4) is 0 Å². The summed E-state index contributed by atoms with van der Waals surface area (Å²) < 4.78 is 0. The highest BCUT2D eigenvalue weighted by Gasteiger charge is 2.12. The predicted molar refractivity (Wildman–Crippen MR) is 79.9 cm³/mol. The van der Waals surface area contributed by atoms with Crippen LogP contribution in [0.1, 0.15) is 47.0 Å². The Morgan fingerprint density at radius 3 is 2.14 bits per heavy atom. The summed E-state index contributed by atoms with van der Waals surface area (Å²) >= 11 is 0. The Morgan fingerprint density at radius 2 is 1.62 bits per heavy atom. The molecule has 0 radical (unpaired) electrons. The molecule has 3 amide bonds. The van der Waals surface area contributed by atoms with Crippen molar-refractivity contribution in [3.8, 4) is 0 Å². The number of hydrogen-bond donors (Lipinski definition) is 4. The fourth-order valence-electron chi connectivity index (χ4n) is 1.73. The lowest BCUT2D eigenvalue weighted by Crippen LogP contribution is -2.46. The van der Waals surface area contributed by atoms with Gasteiger partial charge >= 0.3 is 12.0 Å². The first-order valence-electron chi connectivity index (χ1n) is 7.29. The van der Waals surface area contributed by atoms with Crippen LogP contribution in [0.2, 0.25) is 0 Å². The first-order valence-corrected chi connectivity index (χ1v) is 7.29. The Bertz CT molecular complexity index is 358. The van der Waals surface area contributed by atoms with Gasteiger partial charge in [-0.15, -0.1) is 0 Å². The summed E-state index contributed by atoms with van der Waals surface area (Å²) in [7, 11) is 0. The van der Waals surface area contributed by atoms with E-state index in [4.69, 9.17) is 5.11 Å². The van der Waals surface area contributed by atoms with Crippen LogP contribution < -0.4 is 16.0 Å². The molecule has 21 heavy (non-hydrogen) atoms. The zero-order chi connectivity index (χ0) is 16.4. The van der Waals surface area contributed by atoms with Crippen molar-refractivity contribution in [1.29, 1.82) is 0 Å². The second kappa shape index (κ2) is 10.0. The lowest BCUT2D eigenvalue weighted by Gasteiger charge is -2.15. The fourth-order valence-corrected chi connectivity index (χ4v) is 1.73. The van der Waals surface area contributed by atoms with Gasteiger partial charge in [-0.25, -0.2) is 4.79 Å². The highest BCUT2D eigenvalue weighted by Crippen LogP contribution is 2.09. The molecule has 0 heterocycles. The number of rotatable bonds is 9. The number of carbonyl (C=O) groups excluding carboxylic acids is 2. The maximum atomic E-state index is 11.6. The Labute approximate surface area is 125 Å². The summed E-state index contributed by atoms with van der Waals surface area (Å²) in [5.41, 5.74) is 0. The number of carboxylic acid groups (broad SMARTS) is 1. The minimum Gasteiger partial charge on any atom is -0.481 e. The third kappa shape index (κ3) is 10.6. The van der Waals surface area contributed by atoms with E-state index >= 15 is 0 Å². The lowest BCUT2D eigenvalue weighted by molar-refractivity contribution is -0.141. The van der Waals surface area contributed by atoms with Gasteiger partial charge in [-0.3, -0.25) is 9.59 Å². The molecular formula is C14H27N3O4. The molecule has 2 unspecified atom stereocenters. The SMILES string of the molecule is CC(C)NC(=O)CNC(=O)NC(C)CCCC(C)C(=O)O. The van der Waals surface area contributed by atoms with E-state index in [1.54, 1.807) is 6.92 Å². The topological polar surface area (TPSA) is 108 Å². The summed E-state index contributed by atoms with van der Waals surface area (Å²) in [4.78, 5) is 33.6. The van der Waals surface area contributed by atoms with E-state index in [-0.39, 0.29) is 30.5 Å². The van der Waals surface area contributed by atoms with Gasteiger partial charge in [0.05, 0.1) is 12.5 Å². The normalized spacial score (nSPS) is 13.4. The van der Waals surface area contributed by atoms with E-state index in [1.165, 1.54) is 0 Å². The number of aliphatic carboxylic acids is 1. The predicted octanol–water partition coefficient (Wildman–Crippen LogP) is 1.09. The summed E-state index contributed by atoms with van der Waals surface area (Å²) in [6.45, 7) is 7.14. The second-order valence-corrected chi connectivity index (χ2v) is 5.62. The monoisotopic (exact) mass is 301 g/mol. The summed E-state index contributed by atoms with van der Waals surface area (Å²) in [6.07, 6.45) is 2.01. The molecule has 4 N–H and O–H groups in total. The number of amides is 3. The molecule has 0 saturated carbocycles. The van der Waals surface area contributed by atoms with E-state index in [1.807, 2.05) is 20.8 Å². The molecule has 0 aliphatic carbocycles. The van der Waals surface area contributed by atoms with E-state index in [2.05, 4.69) is 16.0 Å². The molecule has 0 aliphatic rings. The zero-order valence-electron chi connectivity index (χ0n) is 13.2. The zero-order valence-corrected chi connectivity index (χ0v) is 13.2. The Hall–Kier alpha value is -1.79. The molecule has 0 aromatic heterocycles. The lowest BCUT2D eigenvalue weighted by atomic mass is 10.0. The van der Waals surface area contributed by atoms with Crippen molar-refractivity contribution in [1.82, 2.24) is 16.0 Å². The first kappa shape index (κ1) is 19.2. The maximum absolute atomic E-state index is 11.6. The molecule has 0 spiro atoms. The second-order valence-electron chi connectivity index (χ2n) is 5.62. The highest BCUT2D eigenvalue weighted by atomic mass is 16.4. The van der Waals surface area contributed by atoms with Gasteiger partial charge in [0, 0.05) is 12.1 Å². The molecular weight excluding hydrogens is 274 g/mol. The van der Waals surface area contributed by atoms with Crippen molar-refractivity contribution < 1.29 is 19.5 Å². The molecule has 0 aromatic carbocycles. The Balaban J connectivity index is 3.79. The van der Waals surface area contributed by atoms with Gasteiger partial charge in [0.25, 0.3) is 0 Å². The van der Waals surface area contributed by atoms with Gasteiger partial charge in [-0.1, -0.05) is 13.3 Å². The van der Waals surface area contributed by atoms with E-state index in [0.29, 0.717) is 12.8 Å². The van der Waals surface area contributed by atoms with Crippen LogP contribution in [-0.2, 0) is 9.59 Å². The average Bonchev–Trinajstić information content (AvgIpc) is 2.35. The van der Waals surface area contributed by atoms with Gasteiger partial charge in [0.15, 0.2) is 0 Å². The standard InChI is InChI=1S/C14H27N3O4/c1-9(2)16-12(18)8-15-14(21)17-11(4)7-5-6-10(3)13(19)20/h9-11H,5-8H2,1-4H3,(H,16,18)(H,19,20)(H2,15,17,21). The third-order valence-electron chi connectivity index (χ3n) is 2.93. The van der Waals surface area contributed by atoms with Crippen LogP contribution in [0.5, 0.6) is 0 Å². The fraction of sp³-hybridized carbons (Fsp3) is 0.786. The number of nitrogens with one attached hydrogen (secondary N) is 3. The van der Waals surface area contributed by atoms with Crippen LogP contribution in [0.25, 0.3) is 0 Å². The smallest absolute Gasteiger partial charge is 0.315 e. The number of carbonyl (C=O) groups is 3. The first-order chi connectivity index (χ1) is 9.72. The van der Waals surface area contributed by atoms with Crippen LogP contribution in [0, 0.1) is 5.92 Å². The van der Waals surface area contributed by atoms with E-state index in [9.17, 15) is 14.4 Å². The van der Waals surface area contributed by atoms with Crippen LogP contribution in [0.15, 0.2) is 0 Å². The molecule has 0 saturated heterocycles. The average molecular weight is 301 g/mol. The van der Waals surface area contributed by atoms with Crippen LogP contribution in [0.4, 0.5) is 4.79 Å². The largest absolute Gasteiger partial charge is 0.481 e. The Kier molecular flexibility index (Phi) is 9.16. The minimum atomic E-state index is -0.801. The quantitative estimate of drug-likeness (QED) is 0.511. The minimum absolute atomic E-state index is 0.0394. The van der Waals surface area contributed by atoms with Gasteiger partial charge in [0.1, 0.15) is 0 Å². The Morgan fingerprint density at radius 1 is 1.00 bits per heavy atom. The molecule has 2 atom stereocenters. The van der Waals surface area contributed by atoms with Gasteiger partial charge in [-0.05, 0) is 33.6 Å². The highest BCUT2D eigenvalue weighted by molar-refractivity contribution is 5.84. The summed E-state index contributed by atoms with van der Waals surface area (Å²) in [5, 5.41) is 16.6. The van der Waals surface area contributed by atoms with Gasteiger partial charge < -0.3 is 21.1 Å². The van der Waals surface area contributed by atoms with Crippen molar-refractivity contribution in [2.24, 2.45) is 5.92 Å². The van der Waals surface area contributed by atoms with Crippen molar-refractivity contribution in [2.75, 3.05) is 6.54 Å². The van der Waals surface area contributed by atoms with Crippen molar-refractivity contribution in [3.05, 3.63) is 0 Å². The maximum Gasteiger partial charge on any atom is 0.315 e. The van der Waals surface area contributed by atoms with E-state index < -0.39 is 12.0 Å². The molecule has 0 rings (SSSR count). The molecule has 122 valence electrons. The number of hydrogen-bond acceptors (Lipinski definition) is 3. The van der Waals surface area contributed by atoms with Gasteiger partial charge in [0.2, 0.25) is 5.91 Å². The summed E-state index contributed by atoms with van der Waals surface area (Å²) in [5.74, 6) is -1.40. The third-order valence-corrected chi connectivity index (χ3v) is 2.93. The molecule has 0 fully saturated rings. The molecule has 0 bridgehead atoms. The van der Waals surface area contributed by atoms with Crippen LogP contribution in [-0.4, -0.2) is 41.6 Å². The van der Waals surface area contributed by atoms with Crippen molar-refractivity contribution >= 4 is 17.9 Å².